The zero-order chi connectivity index (χ0) is 29.3. The quantitative estimate of drug-likeness (QED) is 0.0456. The summed E-state index contributed by atoms with van der Waals surface area (Å²) in [6.07, 6.45) is 1.27. The first-order chi connectivity index (χ1) is 17.8. The van der Waals surface area contributed by atoms with Crippen LogP contribution in [0.4, 0.5) is 0 Å². The highest BCUT2D eigenvalue weighted by Gasteiger charge is 2.30. The van der Waals surface area contributed by atoms with Crippen LogP contribution < -0.4 is 38.9 Å². The van der Waals surface area contributed by atoms with Crippen LogP contribution in [0.25, 0.3) is 0 Å². The van der Waals surface area contributed by atoms with E-state index < -0.39 is 60.2 Å². The molecule has 15 heteroatoms. The van der Waals surface area contributed by atoms with Crippen LogP contribution in [0.2, 0.25) is 0 Å². The van der Waals surface area contributed by atoms with Crippen molar-refractivity contribution in [3.8, 4) is 0 Å². The number of nitrogens with two attached hydrogens (primary N) is 4. The molecule has 0 spiro atoms. The highest BCUT2D eigenvalue weighted by Crippen LogP contribution is 2.09. The van der Waals surface area contributed by atoms with Gasteiger partial charge < -0.3 is 49.1 Å². The van der Waals surface area contributed by atoms with E-state index in [4.69, 9.17) is 28.0 Å². The summed E-state index contributed by atoms with van der Waals surface area (Å²) in [5.41, 5.74) is 21.9. The maximum Gasteiger partial charge on any atom is 0.326 e. The number of unbranched alkanes of at least 4 members (excludes halogenated alkanes) is 1. The summed E-state index contributed by atoms with van der Waals surface area (Å²) in [6, 6.07) is -4.59. The van der Waals surface area contributed by atoms with Crippen molar-refractivity contribution in [2.75, 3.05) is 13.1 Å². The van der Waals surface area contributed by atoms with Gasteiger partial charge in [-0.1, -0.05) is 13.8 Å². The van der Waals surface area contributed by atoms with Gasteiger partial charge in [0.1, 0.15) is 18.1 Å². The number of guanidine groups is 1. The molecule has 3 amide bonds. The summed E-state index contributed by atoms with van der Waals surface area (Å²) in [5.74, 6) is -4.70. The molecule has 4 unspecified atom stereocenters. The number of amides is 3. The van der Waals surface area contributed by atoms with Crippen molar-refractivity contribution in [2.45, 2.75) is 89.4 Å². The first-order valence-electron chi connectivity index (χ1n) is 12.6. The maximum absolute atomic E-state index is 13.1. The summed E-state index contributed by atoms with van der Waals surface area (Å²) in [4.78, 5) is 65.1. The number of aliphatic imine (C=N–C) groups is 1. The van der Waals surface area contributed by atoms with Crippen LogP contribution >= 0.6 is 0 Å². The van der Waals surface area contributed by atoms with Crippen LogP contribution in [0.1, 0.15) is 65.2 Å². The lowest BCUT2D eigenvalue weighted by Gasteiger charge is -2.25. The molecule has 0 aromatic carbocycles. The number of carboxylic acids is 2. The predicted octanol–water partition coefficient (Wildman–Crippen LogP) is -2.05. The Morgan fingerprint density at radius 2 is 1.34 bits per heavy atom. The Kier molecular flexibility index (Phi) is 17.0. The van der Waals surface area contributed by atoms with Crippen molar-refractivity contribution >= 4 is 35.6 Å². The number of carboxylic acid groups (broad SMARTS) is 2. The molecule has 0 heterocycles. The SMILES string of the molecule is CC(C)CC(NC(=O)C(CCCCN)NC(=O)C(CCC(=O)O)NC(=O)C(N)CCCN=C(N)N)C(=O)O. The Hall–Kier alpha value is -3.46. The molecular formula is C23H44N8O7. The number of aliphatic carboxylic acids is 2. The van der Waals surface area contributed by atoms with Crippen molar-refractivity contribution in [1.29, 1.82) is 0 Å². The van der Waals surface area contributed by atoms with Gasteiger partial charge in [0, 0.05) is 13.0 Å². The Balaban J connectivity index is 5.51. The molecule has 0 saturated heterocycles. The van der Waals surface area contributed by atoms with Gasteiger partial charge in [-0.3, -0.25) is 24.2 Å². The number of nitrogens with one attached hydrogen (secondary N) is 3. The number of rotatable bonds is 20. The molecule has 0 rings (SSSR count). The summed E-state index contributed by atoms with van der Waals surface area (Å²) < 4.78 is 0. The number of carbonyl (C=O) groups is 5. The maximum atomic E-state index is 13.1. The van der Waals surface area contributed by atoms with E-state index >= 15 is 0 Å². The highest BCUT2D eigenvalue weighted by molar-refractivity contribution is 5.94. The van der Waals surface area contributed by atoms with Crippen LogP contribution in [0.5, 0.6) is 0 Å². The first kappa shape index (κ1) is 34.5. The van der Waals surface area contributed by atoms with E-state index in [-0.39, 0.29) is 44.1 Å². The normalized spacial score (nSPS) is 14.0. The Morgan fingerprint density at radius 3 is 1.84 bits per heavy atom. The molecular weight excluding hydrogens is 500 g/mol. The smallest absolute Gasteiger partial charge is 0.326 e. The van der Waals surface area contributed by atoms with Gasteiger partial charge in [0.2, 0.25) is 17.7 Å². The van der Waals surface area contributed by atoms with Gasteiger partial charge in [-0.25, -0.2) is 4.79 Å². The van der Waals surface area contributed by atoms with E-state index in [9.17, 15) is 29.1 Å². The molecule has 13 N–H and O–H groups in total. The molecule has 0 aliphatic heterocycles. The molecule has 4 atom stereocenters. The average Bonchev–Trinajstić information content (AvgIpc) is 2.82. The molecule has 0 aromatic rings. The van der Waals surface area contributed by atoms with E-state index in [0.29, 0.717) is 25.8 Å². The molecule has 0 saturated carbocycles. The Labute approximate surface area is 222 Å². The minimum Gasteiger partial charge on any atom is -0.481 e. The second-order valence-electron chi connectivity index (χ2n) is 9.42. The molecule has 0 fully saturated rings. The van der Waals surface area contributed by atoms with Crippen LogP contribution in [-0.2, 0) is 24.0 Å². The lowest BCUT2D eigenvalue weighted by molar-refractivity contribution is -0.142. The standard InChI is InChI=1S/C23H44N8O7/c1-13(2)12-17(22(37)38)31-20(35)15(7-3-4-10-24)30-21(36)16(8-9-18(32)33)29-19(34)14(25)6-5-11-28-23(26)27/h13-17H,3-12,24-25H2,1-2H3,(H,29,34)(H,30,36)(H,31,35)(H,32,33)(H,37,38)(H4,26,27,28). The van der Waals surface area contributed by atoms with Crippen molar-refractivity contribution in [2.24, 2.45) is 33.8 Å². The Bertz CT molecular complexity index is 818. The molecule has 38 heavy (non-hydrogen) atoms. The lowest BCUT2D eigenvalue weighted by atomic mass is 10.0. The lowest BCUT2D eigenvalue weighted by Crippen LogP contribution is -2.57. The number of hydrogen-bond donors (Lipinski definition) is 9. The third kappa shape index (κ3) is 15.6. The van der Waals surface area contributed by atoms with E-state index in [1.165, 1.54) is 0 Å². The van der Waals surface area contributed by atoms with Gasteiger partial charge >= 0.3 is 11.9 Å². The van der Waals surface area contributed by atoms with Crippen molar-refractivity contribution in [3.63, 3.8) is 0 Å². The minimum absolute atomic E-state index is 0.0130. The average molecular weight is 545 g/mol. The third-order valence-corrected chi connectivity index (χ3v) is 5.49. The summed E-state index contributed by atoms with van der Waals surface area (Å²) in [6.45, 7) is 4.22. The molecule has 0 aliphatic rings. The topological polar surface area (TPSA) is 278 Å². The van der Waals surface area contributed by atoms with Crippen molar-refractivity contribution in [3.05, 3.63) is 0 Å². The number of hydrogen-bond acceptors (Lipinski definition) is 8. The van der Waals surface area contributed by atoms with Gasteiger partial charge in [-0.05, 0) is 57.4 Å². The van der Waals surface area contributed by atoms with Gasteiger partial charge in [-0.2, -0.15) is 0 Å². The fraction of sp³-hybridized carbons (Fsp3) is 0.739. The van der Waals surface area contributed by atoms with E-state index in [2.05, 4.69) is 20.9 Å². The van der Waals surface area contributed by atoms with E-state index in [1.54, 1.807) is 0 Å². The molecule has 0 aromatic heterocycles. The second-order valence-corrected chi connectivity index (χ2v) is 9.42. The number of nitrogens with zero attached hydrogens (tertiary/aromatic N) is 1. The fourth-order valence-corrected chi connectivity index (χ4v) is 3.46. The molecule has 218 valence electrons. The fourth-order valence-electron chi connectivity index (χ4n) is 3.46. The molecule has 0 bridgehead atoms. The summed E-state index contributed by atoms with van der Waals surface area (Å²) >= 11 is 0. The Morgan fingerprint density at radius 1 is 0.789 bits per heavy atom. The van der Waals surface area contributed by atoms with Gasteiger partial charge in [0.15, 0.2) is 5.96 Å². The summed E-state index contributed by atoms with van der Waals surface area (Å²) in [7, 11) is 0. The monoisotopic (exact) mass is 544 g/mol. The molecule has 15 nitrogen and oxygen atoms in total. The van der Waals surface area contributed by atoms with Crippen molar-refractivity contribution < 1.29 is 34.2 Å². The first-order valence-corrected chi connectivity index (χ1v) is 12.6. The van der Waals surface area contributed by atoms with Gasteiger partial charge in [0.05, 0.1) is 6.04 Å². The van der Waals surface area contributed by atoms with Crippen LogP contribution in [0.15, 0.2) is 4.99 Å². The van der Waals surface area contributed by atoms with Crippen LogP contribution in [-0.4, -0.2) is 83.1 Å². The zero-order valence-electron chi connectivity index (χ0n) is 22.2. The van der Waals surface area contributed by atoms with Crippen LogP contribution in [0.3, 0.4) is 0 Å². The van der Waals surface area contributed by atoms with E-state index in [1.807, 2.05) is 13.8 Å². The summed E-state index contributed by atoms with van der Waals surface area (Å²) in [5, 5.41) is 26.0. The van der Waals surface area contributed by atoms with Crippen molar-refractivity contribution in [1.82, 2.24) is 16.0 Å². The van der Waals surface area contributed by atoms with Gasteiger partial charge in [0.25, 0.3) is 0 Å². The largest absolute Gasteiger partial charge is 0.481 e. The minimum atomic E-state index is -1.29. The van der Waals surface area contributed by atoms with Gasteiger partial charge in [-0.15, -0.1) is 0 Å². The third-order valence-electron chi connectivity index (χ3n) is 5.49. The van der Waals surface area contributed by atoms with E-state index in [0.717, 1.165) is 0 Å². The molecule has 0 aliphatic carbocycles. The second kappa shape index (κ2) is 18.7. The van der Waals surface area contributed by atoms with Crippen LogP contribution in [0, 0.1) is 5.92 Å². The molecule has 0 radical (unpaired) electrons. The highest BCUT2D eigenvalue weighted by atomic mass is 16.4. The predicted molar refractivity (Wildman–Crippen MR) is 141 cm³/mol. The number of carbonyl (C=O) groups excluding carboxylic acids is 3. The zero-order valence-corrected chi connectivity index (χ0v) is 22.2.